The molecule has 2 nitrogen and oxygen atoms in total. The van der Waals surface area contributed by atoms with Gasteiger partial charge in [-0.1, -0.05) is 6.92 Å². The van der Waals surface area contributed by atoms with Gasteiger partial charge in [-0.25, -0.2) is 6.42 Å². The molecule has 1 aliphatic carbocycles. The zero-order valence-electron chi connectivity index (χ0n) is 5.18. The van der Waals surface area contributed by atoms with Crippen molar-refractivity contribution >= 4 is 6.15 Å². The summed E-state index contributed by atoms with van der Waals surface area (Å²) in [6, 6.07) is 0. The molecule has 0 amide bonds. The van der Waals surface area contributed by atoms with Gasteiger partial charge in [-0.05, 0) is 0 Å². The smallest absolute Gasteiger partial charge is 0.330 e. The summed E-state index contributed by atoms with van der Waals surface area (Å²) in [7, 11) is 0. The predicted molar refractivity (Wildman–Crippen MR) is 23.1 cm³/mol. The minimum absolute atomic E-state index is 0. The third-order valence-electron chi connectivity index (χ3n) is 0.707. The molecule has 3 heteroatoms. The fourth-order valence-electron chi connectivity index (χ4n) is 0.136. The van der Waals surface area contributed by atoms with E-state index in [1.54, 1.807) is 0 Å². The van der Waals surface area contributed by atoms with Crippen molar-refractivity contribution in [3.63, 3.8) is 0 Å². The monoisotopic (exact) mass is 106 g/mol. The Morgan fingerprint density at radius 2 is 1.75 bits per heavy atom. The zero-order valence-corrected chi connectivity index (χ0v) is 5.18. The molecule has 40 valence electrons. The first-order valence-corrected chi connectivity index (χ1v) is 2.14. The van der Waals surface area contributed by atoms with E-state index in [9.17, 15) is 0 Å². The SMILES string of the molecule is CC1[CH-]C1.O=C=O.[Li+]. The van der Waals surface area contributed by atoms with E-state index in [1.807, 2.05) is 0 Å². The Morgan fingerprint density at radius 3 is 1.75 bits per heavy atom. The molecule has 0 spiro atoms. The molecule has 0 N–H and O–H groups in total. The van der Waals surface area contributed by atoms with Crippen molar-refractivity contribution in [2.45, 2.75) is 13.3 Å². The van der Waals surface area contributed by atoms with Gasteiger partial charge in [0.2, 0.25) is 0 Å². The summed E-state index contributed by atoms with van der Waals surface area (Å²) in [5.41, 5.74) is 0. The normalized spacial score (nSPS) is 20.9. The topological polar surface area (TPSA) is 34.1 Å². The van der Waals surface area contributed by atoms with Crippen LogP contribution in [0.4, 0.5) is 0 Å². The van der Waals surface area contributed by atoms with Crippen LogP contribution in [0.15, 0.2) is 0 Å². The van der Waals surface area contributed by atoms with E-state index in [0.717, 1.165) is 5.92 Å². The number of hydrogen-bond donors (Lipinski definition) is 0. The summed E-state index contributed by atoms with van der Waals surface area (Å²) in [6.07, 6.45) is 3.90. The summed E-state index contributed by atoms with van der Waals surface area (Å²) >= 11 is 0. The second-order valence-electron chi connectivity index (χ2n) is 1.53. The molecule has 8 heavy (non-hydrogen) atoms. The maximum atomic E-state index is 8.12. The first-order chi connectivity index (χ1) is 3.31. The predicted octanol–water partition coefficient (Wildman–Crippen LogP) is -2.35. The largest absolute Gasteiger partial charge is 1.00 e. The summed E-state index contributed by atoms with van der Waals surface area (Å²) < 4.78 is 0. The minimum Gasteiger partial charge on any atom is -0.330 e. The van der Waals surface area contributed by atoms with E-state index >= 15 is 0 Å². The zero-order chi connectivity index (χ0) is 5.70. The van der Waals surface area contributed by atoms with Gasteiger partial charge in [-0.2, -0.15) is 15.5 Å². The van der Waals surface area contributed by atoms with E-state index in [1.165, 1.54) is 6.42 Å². The number of hydrogen-bond acceptors (Lipinski definition) is 2. The third-order valence-corrected chi connectivity index (χ3v) is 0.707. The van der Waals surface area contributed by atoms with Crippen LogP contribution in [0.2, 0.25) is 0 Å². The number of rotatable bonds is 0. The maximum Gasteiger partial charge on any atom is 1.00 e. The van der Waals surface area contributed by atoms with Crippen molar-refractivity contribution in [2.24, 2.45) is 5.92 Å². The first-order valence-electron chi connectivity index (χ1n) is 2.14. The molecule has 1 unspecified atom stereocenters. The van der Waals surface area contributed by atoms with Crippen LogP contribution in [-0.2, 0) is 9.59 Å². The Bertz CT molecular complexity index is 72.5. The molecule has 0 bridgehead atoms. The van der Waals surface area contributed by atoms with Gasteiger partial charge in [-0.3, -0.25) is 0 Å². The quantitative estimate of drug-likeness (QED) is 0.256. The van der Waals surface area contributed by atoms with Gasteiger partial charge in [0.05, 0.1) is 0 Å². The van der Waals surface area contributed by atoms with Crippen molar-refractivity contribution in [3.8, 4) is 0 Å². The van der Waals surface area contributed by atoms with Crippen LogP contribution in [0.3, 0.4) is 0 Å². The van der Waals surface area contributed by atoms with Crippen LogP contribution in [0.1, 0.15) is 13.3 Å². The summed E-state index contributed by atoms with van der Waals surface area (Å²) in [5, 5.41) is 0. The van der Waals surface area contributed by atoms with Gasteiger partial charge in [0.25, 0.3) is 0 Å². The Kier molecular flexibility index (Phi) is 9.48. The van der Waals surface area contributed by atoms with Gasteiger partial charge in [0, 0.05) is 0 Å². The molecule has 1 aliphatic rings. The fraction of sp³-hybridized carbons (Fsp3) is 0.600. The van der Waals surface area contributed by atoms with Crippen LogP contribution in [0.5, 0.6) is 0 Å². The molecule has 0 aromatic carbocycles. The molecule has 0 radical (unpaired) electrons. The average Bonchev–Trinajstić information content (AvgIpc) is 2.25. The van der Waals surface area contributed by atoms with E-state index in [2.05, 4.69) is 13.3 Å². The van der Waals surface area contributed by atoms with E-state index in [-0.39, 0.29) is 25.0 Å². The minimum atomic E-state index is 0. The van der Waals surface area contributed by atoms with Gasteiger partial charge >= 0.3 is 25.0 Å². The Morgan fingerprint density at radius 1 is 1.62 bits per heavy atom. The van der Waals surface area contributed by atoms with Crippen LogP contribution < -0.4 is 18.9 Å². The average molecular weight is 106 g/mol. The van der Waals surface area contributed by atoms with Crippen LogP contribution in [0.25, 0.3) is 0 Å². The molecule has 0 aliphatic heterocycles. The molecule has 1 saturated carbocycles. The molecule has 0 aromatic heterocycles. The van der Waals surface area contributed by atoms with Gasteiger partial charge in [0.15, 0.2) is 0 Å². The van der Waals surface area contributed by atoms with Gasteiger partial charge in [-0.15, -0.1) is 0 Å². The van der Waals surface area contributed by atoms with Crippen molar-refractivity contribution in [1.29, 1.82) is 0 Å². The van der Waals surface area contributed by atoms with Crippen molar-refractivity contribution in [1.82, 2.24) is 0 Å². The Hall–Kier alpha value is -0.0226. The molecule has 1 fully saturated rings. The van der Waals surface area contributed by atoms with Crippen LogP contribution >= 0.6 is 0 Å². The second-order valence-corrected chi connectivity index (χ2v) is 1.53. The molecule has 0 heterocycles. The molecular weight excluding hydrogens is 99.0 g/mol. The molecular formula is C5H7LiO2. The first kappa shape index (κ1) is 10.9. The Labute approximate surface area is 60.8 Å². The Balaban J connectivity index is 0. The van der Waals surface area contributed by atoms with Crippen molar-refractivity contribution in [3.05, 3.63) is 6.42 Å². The molecule has 0 saturated heterocycles. The van der Waals surface area contributed by atoms with Crippen LogP contribution in [0, 0.1) is 12.3 Å². The maximum absolute atomic E-state index is 8.12. The van der Waals surface area contributed by atoms with Gasteiger partial charge in [0.1, 0.15) is 0 Å². The molecule has 0 aromatic rings. The van der Waals surface area contributed by atoms with E-state index in [0.29, 0.717) is 0 Å². The van der Waals surface area contributed by atoms with Crippen molar-refractivity contribution in [2.75, 3.05) is 0 Å². The second kappa shape index (κ2) is 6.98. The fourth-order valence-corrected chi connectivity index (χ4v) is 0.136. The standard InChI is InChI=1S/C4H7.CO2.Li/c1-4-2-3-4;2-1-3;/h2,4H,3H2,1H3;;/q-1;;+1. The van der Waals surface area contributed by atoms with Crippen LogP contribution in [-0.4, -0.2) is 6.15 Å². The van der Waals surface area contributed by atoms with E-state index in [4.69, 9.17) is 9.59 Å². The molecule has 1 atom stereocenters. The molecule has 1 rings (SSSR count). The summed E-state index contributed by atoms with van der Waals surface area (Å²) in [5.74, 6) is 0.958. The van der Waals surface area contributed by atoms with Gasteiger partial charge < -0.3 is 6.42 Å². The summed E-state index contributed by atoms with van der Waals surface area (Å²) in [4.78, 5) is 16.2. The van der Waals surface area contributed by atoms with E-state index < -0.39 is 0 Å². The summed E-state index contributed by atoms with van der Waals surface area (Å²) in [6.45, 7) is 2.22. The number of carbonyl (C=O) groups excluding carboxylic acids is 2. The third kappa shape index (κ3) is 16.7. The van der Waals surface area contributed by atoms with Crippen molar-refractivity contribution < 1.29 is 28.4 Å².